The van der Waals surface area contributed by atoms with Gasteiger partial charge in [0.1, 0.15) is 0 Å². The van der Waals surface area contributed by atoms with Crippen molar-refractivity contribution >= 4 is 31.8 Å². The fraction of sp³-hybridized carbons (Fsp3) is 0.154. The molecule has 2 heterocycles. The molecular formula is C13H13N3O2S2. The summed E-state index contributed by atoms with van der Waals surface area (Å²) >= 11 is 1.47. The number of hydrogen-bond acceptors (Lipinski definition) is 5. The molecule has 104 valence electrons. The molecule has 0 amide bonds. The summed E-state index contributed by atoms with van der Waals surface area (Å²) in [6, 6.07) is 5.03. The summed E-state index contributed by atoms with van der Waals surface area (Å²) in [7, 11) is -3.49. The topological polar surface area (TPSA) is 77.5 Å². The van der Waals surface area contributed by atoms with Crippen LogP contribution in [0.5, 0.6) is 0 Å². The van der Waals surface area contributed by atoms with Crippen molar-refractivity contribution in [2.24, 2.45) is 0 Å². The van der Waals surface area contributed by atoms with Crippen molar-refractivity contribution < 1.29 is 8.42 Å². The van der Waals surface area contributed by atoms with Crippen molar-refractivity contribution in [2.45, 2.75) is 17.6 Å². The second-order valence-corrected chi connectivity index (χ2v) is 7.40. The Morgan fingerprint density at radius 3 is 2.95 bits per heavy atom. The number of thiazole rings is 1. The normalized spacial score (nSPS) is 12.1. The maximum atomic E-state index is 12.4. The van der Waals surface area contributed by atoms with Gasteiger partial charge in [0, 0.05) is 17.8 Å². The maximum absolute atomic E-state index is 12.4. The summed E-state index contributed by atoms with van der Waals surface area (Å²) in [4.78, 5) is 5.26. The van der Waals surface area contributed by atoms with Crippen LogP contribution in [0.4, 0.5) is 5.69 Å². The fourth-order valence-electron chi connectivity index (χ4n) is 2.04. The first-order valence-corrected chi connectivity index (χ1v) is 8.49. The summed E-state index contributed by atoms with van der Waals surface area (Å²) in [5.41, 5.74) is 7.47. The third-order valence-corrected chi connectivity index (χ3v) is 5.57. The van der Waals surface area contributed by atoms with Crippen LogP contribution >= 0.6 is 11.3 Å². The number of aromatic nitrogens is 2. The largest absolute Gasteiger partial charge is 0.397 e. The van der Waals surface area contributed by atoms with E-state index in [4.69, 9.17) is 5.73 Å². The Bertz CT molecular complexity index is 850. The quantitative estimate of drug-likeness (QED) is 0.753. The van der Waals surface area contributed by atoms with Gasteiger partial charge < -0.3 is 5.73 Å². The number of anilines is 1. The molecule has 5 nitrogen and oxygen atoms in total. The van der Waals surface area contributed by atoms with Gasteiger partial charge in [0.2, 0.25) is 0 Å². The van der Waals surface area contributed by atoms with Crippen LogP contribution < -0.4 is 5.73 Å². The zero-order valence-electron chi connectivity index (χ0n) is 10.8. The zero-order chi connectivity index (χ0) is 14.3. The Hall–Kier alpha value is -1.86. The monoisotopic (exact) mass is 307 g/mol. The highest BCUT2D eigenvalue weighted by Gasteiger charge is 2.20. The van der Waals surface area contributed by atoms with Crippen molar-refractivity contribution in [3.8, 4) is 0 Å². The molecule has 0 spiro atoms. The second kappa shape index (κ2) is 4.60. The number of para-hydroxylation sites is 1. The Balaban J connectivity index is 2.00. The lowest BCUT2D eigenvalue weighted by molar-refractivity contribution is 0.595. The van der Waals surface area contributed by atoms with Crippen LogP contribution in [0.25, 0.3) is 4.96 Å². The molecule has 0 saturated carbocycles. The van der Waals surface area contributed by atoms with Gasteiger partial charge in [0.05, 0.1) is 22.0 Å². The number of imidazole rings is 1. The van der Waals surface area contributed by atoms with Gasteiger partial charge in [-0.25, -0.2) is 13.4 Å². The molecule has 0 atom stereocenters. The van der Waals surface area contributed by atoms with Crippen LogP contribution in [0.15, 0.2) is 40.9 Å². The molecule has 3 rings (SSSR count). The highest BCUT2D eigenvalue weighted by Crippen LogP contribution is 2.25. The van der Waals surface area contributed by atoms with Crippen molar-refractivity contribution in [3.05, 3.63) is 47.2 Å². The van der Waals surface area contributed by atoms with E-state index in [1.54, 1.807) is 25.3 Å². The summed E-state index contributed by atoms with van der Waals surface area (Å²) in [6.07, 6.45) is 3.58. The second-order valence-electron chi connectivity index (χ2n) is 4.57. The minimum absolute atomic E-state index is 0.144. The van der Waals surface area contributed by atoms with E-state index in [0.29, 0.717) is 11.4 Å². The van der Waals surface area contributed by atoms with Crippen LogP contribution in [0.2, 0.25) is 0 Å². The van der Waals surface area contributed by atoms with E-state index < -0.39 is 9.84 Å². The minimum atomic E-state index is -3.49. The van der Waals surface area contributed by atoms with Gasteiger partial charge in [-0.3, -0.25) is 4.40 Å². The van der Waals surface area contributed by atoms with Crippen molar-refractivity contribution in [1.82, 2.24) is 9.38 Å². The van der Waals surface area contributed by atoms with Crippen molar-refractivity contribution in [3.63, 3.8) is 0 Å². The third-order valence-electron chi connectivity index (χ3n) is 3.10. The Morgan fingerprint density at radius 2 is 2.20 bits per heavy atom. The van der Waals surface area contributed by atoms with Crippen LogP contribution in [0.1, 0.15) is 11.3 Å². The average Bonchev–Trinajstić information content (AvgIpc) is 2.92. The smallest absolute Gasteiger partial charge is 0.193 e. The number of hydrogen-bond donors (Lipinski definition) is 1. The Labute approximate surface area is 120 Å². The van der Waals surface area contributed by atoms with E-state index in [0.717, 1.165) is 10.5 Å². The van der Waals surface area contributed by atoms with Crippen LogP contribution in [-0.2, 0) is 15.6 Å². The summed E-state index contributed by atoms with van der Waals surface area (Å²) in [6.45, 7) is 1.79. The molecule has 0 saturated heterocycles. The molecule has 2 aromatic heterocycles. The number of rotatable bonds is 3. The van der Waals surface area contributed by atoms with Crippen LogP contribution in [0.3, 0.4) is 0 Å². The molecule has 3 aromatic rings. The molecule has 20 heavy (non-hydrogen) atoms. The molecule has 0 unspecified atom stereocenters. The Kier molecular flexibility index (Phi) is 3.02. The molecule has 7 heteroatoms. The molecule has 0 bridgehead atoms. The Morgan fingerprint density at radius 1 is 1.40 bits per heavy atom. The number of nitrogen functional groups attached to an aromatic ring is 1. The van der Waals surface area contributed by atoms with E-state index in [1.165, 1.54) is 17.4 Å². The first-order valence-electron chi connectivity index (χ1n) is 5.96. The van der Waals surface area contributed by atoms with Gasteiger partial charge in [0.15, 0.2) is 14.8 Å². The minimum Gasteiger partial charge on any atom is -0.397 e. The van der Waals surface area contributed by atoms with E-state index >= 15 is 0 Å². The lowest BCUT2D eigenvalue weighted by Gasteiger charge is -2.08. The molecule has 0 aliphatic rings. The molecule has 1 aromatic carbocycles. The van der Waals surface area contributed by atoms with Gasteiger partial charge in [-0.15, -0.1) is 11.3 Å². The van der Waals surface area contributed by atoms with Gasteiger partial charge in [0.25, 0.3) is 0 Å². The lowest BCUT2D eigenvalue weighted by atomic mass is 10.2. The fourth-order valence-corrected chi connectivity index (χ4v) is 4.23. The summed E-state index contributed by atoms with van der Waals surface area (Å²) in [5.74, 6) is -0.144. The van der Waals surface area contributed by atoms with Crippen molar-refractivity contribution in [1.29, 1.82) is 0 Å². The highest BCUT2D eigenvalue weighted by molar-refractivity contribution is 7.90. The van der Waals surface area contributed by atoms with Gasteiger partial charge in [-0.1, -0.05) is 12.1 Å². The molecule has 0 fully saturated rings. The number of benzene rings is 1. The number of nitrogens with zero attached hydrogens (tertiary/aromatic N) is 2. The van der Waals surface area contributed by atoms with E-state index in [9.17, 15) is 8.42 Å². The lowest BCUT2D eigenvalue weighted by Crippen LogP contribution is -2.09. The molecule has 2 N–H and O–H groups in total. The van der Waals surface area contributed by atoms with Gasteiger partial charge >= 0.3 is 0 Å². The standard InChI is InChI=1S/C13H13N3O2S2/c1-9-3-2-4-11(12(9)14)20(17,18)8-10-7-16-5-6-19-13(16)15-10/h2-7H,8,14H2,1H3. The summed E-state index contributed by atoms with van der Waals surface area (Å²) < 4.78 is 26.7. The van der Waals surface area contributed by atoms with Crippen LogP contribution in [-0.4, -0.2) is 17.8 Å². The predicted octanol–water partition coefficient (Wildman–Crippen LogP) is 2.26. The number of nitrogens with two attached hydrogens (primary N) is 1. The first kappa shape index (κ1) is 13.1. The first-order chi connectivity index (χ1) is 9.47. The predicted molar refractivity (Wildman–Crippen MR) is 79.6 cm³/mol. The number of fused-ring (bicyclic) bond motifs is 1. The van der Waals surface area contributed by atoms with Crippen LogP contribution in [0, 0.1) is 6.92 Å². The third kappa shape index (κ3) is 2.19. The average molecular weight is 307 g/mol. The molecule has 0 aliphatic heterocycles. The number of aryl methyl sites for hydroxylation is 1. The van der Waals surface area contributed by atoms with Gasteiger partial charge in [-0.2, -0.15) is 0 Å². The van der Waals surface area contributed by atoms with E-state index in [2.05, 4.69) is 4.98 Å². The zero-order valence-corrected chi connectivity index (χ0v) is 12.4. The van der Waals surface area contributed by atoms with Crippen molar-refractivity contribution in [2.75, 3.05) is 5.73 Å². The number of sulfone groups is 1. The highest BCUT2D eigenvalue weighted by atomic mass is 32.2. The molecule has 0 radical (unpaired) electrons. The van der Waals surface area contributed by atoms with E-state index in [1.807, 2.05) is 16.0 Å². The molecule has 0 aliphatic carbocycles. The molecular weight excluding hydrogens is 294 g/mol. The maximum Gasteiger partial charge on any atom is 0.193 e. The summed E-state index contributed by atoms with van der Waals surface area (Å²) in [5, 5.41) is 1.90. The van der Waals surface area contributed by atoms with E-state index in [-0.39, 0.29) is 10.6 Å². The van der Waals surface area contributed by atoms with Gasteiger partial charge in [-0.05, 0) is 18.6 Å². The SMILES string of the molecule is Cc1cccc(S(=O)(=O)Cc2cn3ccsc3n2)c1N.